The Labute approximate surface area is 120 Å². The van der Waals surface area contributed by atoms with Gasteiger partial charge in [0, 0.05) is 18.2 Å². The third-order valence-corrected chi connectivity index (χ3v) is 3.06. The van der Waals surface area contributed by atoms with Crippen LogP contribution in [0.15, 0.2) is 42.5 Å². The molecule has 0 unspecified atom stereocenters. The third kappa shape index (κ3) is 4.32. The molecule has 1 N–H and O–H groups in total. The topological polar surface area (TPSA) is 55.2 Å². The quantitative estimate of drug-likeness (QED) is 0.505. The summed E-state index contributed by atoms with van der Waals surface area (Å²) >= 11 is 0. The van der Waals surface area contributed by atoms with Crippen LogP contribution < -0.4 is 5.32 Å². The maximum atomic E-state index is 13.1. The van der Waals surface area contributed by atoms with Crippen molar-refractivity contribution in [3.8, 4) is 0 Å². The van der Waals surface area contributed by atoms with Crippen LogP contribution in [-0.4, -0.2) is 11.5 Å². The summed E-state index contributed by atoms with van der Waals surface area (Å²) in [6, 6.07) is 9.51. The molecular formula is C15H14F2N2O2. The molecule has 0 aliphatic rings. The van der Waals surface area contributed by atoms with Crippen molar-refractivity contribution in [3.63, 3.8) is 0 Å². The van der Waals surface area contributed by atoms with E-state index in [1.54, 1.807) is 12.1 Å². The van der Waals surface area contributed by atoms with Crippen LogP contribution in [0.5, 0.6) is 0 Å². The lowest BCUT2D eigenvalue weighted by Crippen LogP contribution is -2.17. The number of hydrogen-bond acceptors (Lipinski definition) is 3. The molecule has 0 saturated heterocycles. The molecule has 4 nitrogen and oxygen atoms in total. The van der Waals surface area contributed by atoms with Gasteiger partial charge in [0.05, 0.1) is 4.92 Å². The molecule has 110 valence electrons. The molecule has 0 radical (unpaired) electrons. The molecule has 0 aliphatic heterocycles. The van der Waals surface area contributed by atoms with Gasteiger partial charge in [-0.05, 0) is 42.8 Å². The molecule has 2 aromatic rings. The number of nitrogens with zero attached hydrogens (tertiary/aromatic N) is 1. The van der Waals surface area contributed by atoms with Gasteiger partial charge in [0.2, 0.25) is 0 Å². The highest BCUT2D eigenvalue weighted by Crippen LogP contribution is 2.19. The monoisotopic (exact) mass is 292 g/mol. The van der Waals surface area contributed by atoms with Crippen molar-refractivity contribution in [1.82, 2.24) is 5.32 Å². The SMILES string of the molecule is O=[N+]([O-])c1ccc(F)cc1CNCCc1ccc(F)cc1. The van der Waals surface area contributed by atoms with Crippen LogP contribution in [0.4, 0.5) is 14.5 Å². The second kappa shape index (κ2) is 6.90. The predicted octanol–water partition coefficient (Wildman–Crippen LogP) is 3.21. The molecule has 0 spiro atoms. The van der Waals surface area contributed by atoms with Gasteiger partial charge in [0.25, 0.3) is 5.69 Å². The molecule has 2 rings (SSSR count). The fourth-order valence-corrected chi connectivity index (χ4v) is 1.98. The summed E-state index contributed by atoms with van der Waals surface area (Å²) < 4.78 is 25.9. The van der Waals surface area contributed by atoms with E-state index in [1.165, 1.54) is 12.1 Å². The Bertz CT molecular complexity index is 630. The number of nitro groups is 1. The maximum Gasteiger partial charge on any atom is 0.274 e. The zero-order chi connectivity index (χ0) is 15.2. The molecule has 0 fully saturated rings. The lowest BCUT2D eigenvalue weighted by atomic mass is 10.1. The van der Waals surface area contributed by atoms with E-state index in [1.807, 2.05) is 0 Å². The highest BCUT2D eigenvalue weighted by atomic mass is 19.1. The van der Waals surface area contributed by atoms with E-state index in [4.69, 9.17) is 0 Å². The molecule has 0 aliphatic carbocycles. The predicted molar refractivity (Wildman–Crippen MR) is 74.9 cm³/mol. The molecule has 2 aromatic carbocycles. The van der Waals surface area contributed by atoms with E-state index >= 15 is 0 Å². The Morgan fingerprint density at radius 1 is 1.05 bits per heavy atom. The smallest absolute Gasteiger partial charge is 0.274 e. The van der Waals surface area contributed by atoms with Crippen molar-refractivity contribution in [2.45, 2.75) is 13.0 Å². The first-order valence-corrected chi connectivity index (χ1v) is 6.44. The summed E-state index contributed by atoms with van der Waals surface area (Å²) in [4.78, 5) is 10.3. The van der Waals surface area contributed by atoms with Crippen molar-refractivity contribution in [3.05, 3.63) is 75.3 Å². The average Bonchev–Trinajstić information content (AvgIpc) is 2.45. The zero-order valence-electron chi connectivity index (χ0n) is 11.2. The third-order valence-electron chi connectivity index (χ3n) is 3.06. The zero-order valence-corrected chi connectivity index (χ0v) is 11.2. The van der Waals surface area contributed by atoms with Gasteiger partial charge in [-0.3, -0.25) is 10.1 Å². The number of nitro benzene ring substituents is 1. The second-order valence-electron chi connectivity index (χ2n) is 4.58. The number of rotatable bonds is 6. The molecule has 21 heavy (non-hydrogen) atoms. The lowest BCUT2D eigenvalue weighted by Gasteiger charge is -2.06. The summed E-state index contributed by atoms with van der Waals surface area (Å²) in [6.45, 7) is 0.759. The first kappa shape index (κ1) is 15.1. The van der Waals surface area contributed by atoms with Crippen LogP contribution in [0.3, 0.4) is 0 Å². The first-order valence-electron chi connectivity index (χ1n) is 6.44. The number of hydrogen-bond donors (Lipinski definition) is 1. The largest absolute Gasteiger partial charge is 0.312 e. The Morgan fingerprint density at radius 2 is 1.71 bits per heavy atom. The Morgan fingerprint density at radius 3 is 2.38 bits per heavy atom. The Kier molecular flexibility index (Phi) is 4.94. The molecule has 6 heteroatoms. The van der Waals surface area contributed by atoms with Gasteiger partial charge in [-0.15, -0.1) is 0 Å². The highest BCUT2D eigenvalue weighted by Gasteiger charge is 2.13. The van der Waals surface area contributed by atoms with Gasteiger partial charge >= 0.3 is 0 Å². The Hall–Kier alpha value is -2.34. The van der Waals surface area contributed by atoms with Crippen molar-refractivity contribution in [1.29, 1.82) is 0 Å². The normalized spacial score (nSPS) is 10.6. The van der Waals surface area contributed by atoms with Crippen LogP contribution in [0.1, 0.15) is 11.1 Å². The Balaban J connectivity index is 1.90. The van der Waals surface area contributed by atoms with Gasteiger partial charge < -0.3 is 5.32 Å². The molecular weight excluding hydrogens is 278 g/mol. The van der Waals surface area contributed by atoms with Crippen LogP contribution >= 0.6 is 0 Å². The van der Waals surface area contributed by atoms with Gasteiger partial charge in [0.1, 0.15) is 11.6 Å². The fraction of sp³-hybridized carbons (Fsp3) is 0.200. The lowest BCUT2D eigenvalue weighted by molar-refractivity contribution is -0.385. The van der Waals surface area contributed by atoms with E-state index in [9.17, 15) is 18.9 Å². The summed E-state index contributed by atoms with van der Waals surface area (Å²) in [5.74, 6) is -0.793. The summed E-state index contributed by atoms with van der Waals surface area (Å²) in [7, 11) is 0. The second-order valence-corrected chi connectivity index (χ2v) is 4.58. The van der Waals surface area contributed by atoms with Crippen molar-refractivity contribution in [2.75, 3.05) is 6.54 Å². The van der Waals surface area contributed by atoms with E-state index in [0.717, 1.165) is 23.8 Å². The van der Waals surface area contributed by atoms with Gasteiger partial charge in [-0.1, -0.05) is 12.1 Å². The summed E-state index contributed by atoms with van der Waals surface area (Å²) in [5, 5.41) is 13.9. The van der Waals surface area contributed by atoms with E-state index < -0.39 is 10.7 Å². The van der Waals surface area contributed by atoms with Gasteiger partial charge in [-0.2, -0.15) is 0 Å². The molecule has 0 atom stereocenters. The molecule has 0 aromatic heterocycles. The van der Waals surface area contributed by atoms with Crippen LogP contribution in [-0.2, 0) is 13.0 Å². The standard InChI is InChI=1S/C15H14F2N2O2/c16-13-3-1-11(2-4-13)7-8-18-10-12-9-14(17)5-6-15(12)19(20)21/h1-6,9,18H,7-8,10H2. The van der Waals surface area contributed by atoms with Gasteiger partial charge in [0.15, 0.2) is 0 Å². The molecule has 0 heterocycles. The van der Waals surface area contributed by atoms with E-state index in [-0.39, 0.29) is 18.0 Å². The van der Waals surface area contributed by atoms with Crippen LogP contribution in [0, 0.1) is 21.7 Å². The number of halogens is 2. The molecule has 0 amide bonds. The average molecular weight is 292 g/mol. The van der Waals surface area contributed by atoms with E-state index in [0.29, 0.717) is 18.5 Å². The van der Waals surface area contributed by atoms with E-state index in [2.05, 4.69) is 5.32 Å². The number of benzene rings is 2. The fourth-order valence-electron chi connectivity index (χ4n) is 1.98. The van der Waals surface area contributed by atoms with Crippen molar-refractivity contribution < 1.29 is 13.7 Å². The minimum absolute atomic E-state index is 0.106. The summed E-state index contributed by atoms with van der Waals surface area (Å²) in [5.41, 5.74) is 1.16. The van der Waals surface area contributed by atoms with Crippen molar-refractivity contribution in [2.24, 2.45) is 0 Å². The minimum atomic E-state index is -0.531. The van der Waals surface area contributed by atoms with Gasteiger partial charge in [-0.25, -0.2) is 8.78 Å². The van der Waals surface area contributed by atoms with Crippen LogP contribution in [0.25, 0.3) is 0 Å². The first-order chi connectivity index (χ1) is 10.1. The summed E-state index contributed by atoms with van der Waals surface area (Å²) in [6.07, 6.45) is 0.656. The van der Waals surface area contributed by atoms with Crippen molar-refractivity contribution >= 4 is 5.69 Å². The maximum absolute atomic E-state index is 13.1. The number of nitrogens with one attached hydrogen (secondary N) is 1. The molecule has 0 saturated carbocycles. The molecule has 0 bridgehead atoms. The minimum Gasteiger partial charge on any atom is -0.312 e. The van der Waals surface area contributed by atoms with Crippen LogP contribution in [0.2, 0.25) is 0 Å². The highest BCUT2D eigenvalue weighted by molar-refractivity contribution is 5.40.